The molecule has 0 amide bonds. The molecule has 172 valence electrons. The molecular weight excluding hydrogens is 454 g/mol. The Balaban J connectivity index is 0.000000534. The minimum Gasteiger partial charge on any atom is -0.394 e. The summed E-state index contributed by atoms with van der Waals surface area (Å²) in [4.78, 5) is 15.6. The van der Waals surface area contributed by atoms with Gasteiger partial charge in [0.15, 0.2) is 6.23 Å². The molecule has 1 aromatic heterocycles. The van der Waals surface area contributed by atoms with Crippen LogP contribution in [0.15, 0.2) is 17.1 Å². The van der Waals surface area contributed by atoms with Crippen LogP contribution < -0.4 is 11.4 Å². The summed E-state index contributed by atoms with van der Waals surface area (Å²) in [5.41, 5.74) is 4.85. The average Bonchev–Trinajstić information content (AvgIpc) is 3.53. The number of hydrogen-bond donors (Lipinski definition) is 3. The van der Waals surface area contributed by atoms with Gasteiger partial charge in [0.2, 0.25) is 0 Å². The van der Waals surface area contributed by atoms with E-state index in [-0.39, 0.29) is 29.5 Å². The summed E-state index contributed by atoms with van der Waals surface area (Å²) in [6.07, 6.45) is 18.9. The van der Waals surface area contributed by atoms with E-state index in [4.69, 9.17) is 15.2 Å². The van der Waals surface area contributed by atoms with Crippen molar-refractivity contribution in [3.8, 4) is 0 Å². The van der Waals surface area contributed by atoms with E-state index in [1.54, 1.807) is 0 Å². The Hall–Kier alpha value is -0.961. The molecule has 9 heteroatoms. The molecule has 3 aliphatic rings. The fourth-order valence-corrected chi connectivity index (χ4v) is 3.47. The first-order chi connectivity index (χ1) is 15.1. The molecule has 2 saturated carbocycles. The van der Waals surface area contributed by atoms with Crippen molar-refractivity contribution < 1.29 is 36.8 Å². The number of hydrogen-bond acceptors (Lipinski definition) is 7. The third-order valence-electron chi connectivity index (χ3n) is 5.07. The van der Waals surface area contributed by atoms with E-state index in [1.165, 1.54) is 18.2 Å². The van der Waals surface area contributed by atoms with E-state index in [9.17, 15) is 15.0 Å². The summed E-state index contributed by atoms with van der Waals surface area (Å²) in [5, 5.41) is 20.0. The molecule has 2 heterocycles. The van der Waals surface area contributed by atoms with E-state index >= 15 is 0 Å². The first kappa shape index (κ1) is 27.3. The molecule has 4 N–H and O–H groups in total. The molecule has 2 aliphatic carbocycles. The van der Waals surface area contributed by atoms with Gasteiger partial charge in [-0.3, -0.25) is 4.57 Å². The van der Waals surface area contributed by atoms with E-state index in [1.807, 2.05) is 44.9 Å². The van der Waals surface area contributed by atoms with Crippen molar-refractivity contribution in [3.63, 3.8) is 0 Å². The van der Waals surface area contributed by atoms with Gasteiger partial charge in [-0.1, -0.05) is 6.42 Å². The van der Waals surface area contributed by atoms with Crippen LogP contribution >= 0.6 is 0 Å². The number of nitrogen functional groups attached to an aromatic ring is 1. The van der Waals surface area contributed by atoms with Crippen molar-refractivity contribution in [3.05, 3.63) is 86.5 Å². The molecule has 1 saturated heterocycles. The van der Waals surface area contributed by atoms with Crippen LogP contribution in [0.1, 0.15) is 25.5 Å². The second kappa shape index (κ2) is 14.3. The zero-order valence-electron chi connectivity index (χ0n) is 17.6. The summed E-state index contributed by atoms with van der Waals surface area (Å²) < 4.78 is 12.5. The predicted molar refractivity (Wildman–Crippen MR) is 115 cm³/mol. The van der Waals surface area contributed by atoms with Gasteiger partial charge in [0.25, 0.3) is 0 Å². The van der Waals surface area contributed by atoms with Crippen LogP contribution in [0.3, 0.4) is 0 Å². The number of ether oxygens (including phenoxy) is 2. The zero-order valence-corrected chi connectivity index (χ0v) is 18.7. The maximum Gasteiger partial charge on any atom is 2.00 e. The number of rotatable bonds is 8. The van der Waals surface area contributed by atoms with Crippen molar-refractivity contribution in [2.75, 3.05) is 18.9 Å². The first-order valence-electron chi connectivity index (χ1n) is 10.4. The number of aromatic nitrogens is 2. The number of nitrogens with two attached hydrogens (primary N) is 1. The molecule has 0 bridgehead atoms. The molecule has 10 radical (unpaired) electrons. The van der Waals surface area contributed by atoms with Crippen molar-refractivity contribution in [1.29, 1.82) is 0 Å². The summed E-state index contributed by atoms with van der Waals surface area (Å²) in [6, 6.07) is 1.45. The van der Waals surface area contributed by atoms with Crippen LogP contribution in [0.5, 0.6) is 0 Å². The van der Waals surface area contributed by atoms with Gasteiger partial charge >= 0.3 is 22.8 Å². The second-order valence-corrected chi connectivity index (χ2v) is 7.33. The summed E-state index contributed by atoms with van der Waals surface area (Å²) >= 11 is 0. The van der Waals surface area contributed by atoms with Crippen molar-refractivity contribution in [2.45, 2.75) is 43.8 Å². The number of anilines is 1. The fraction of sp³-hybridized carbons (Fsp3) is 0.391. The topological polar surface area (TPSA) is 120 Å². The molecular formula is C23H29FeN3O5+2. The van der Waals surface area contributed by atoms with Crippen molar-refractivity contribution in [1.82, 2.24) is 9.55 Å². The molecule has 1 aliphatic heterocycles. The normalized spacial score (nSPS) is 27.7. The van der Waals surface area contributed by atoms with Gasteiger partial charge in [-0.05, 0) is 82.6 Å². The van der Waals surface area contributed by atoms with Crippen molar-refractivity contribution >= 4 is 5.82 Å². The molecule has 1 aromatic rings. The molecule has 0 spiro atoms. The molecule has 4 atom stereocenters. The Labute approximate surface area is 201 Å². The van der Waals surface area contributed by atoms with Crippen LogP contribution in [0.25, 0.3) is 0 Å². The smallest absolute Gasteiger partial charge is 0.394 e. The van der Waals surface area contributed by atoms with E-state index < -0.39 is 30.2 Å². The van der Waals surface area contributed by atoms with Gasteiger partial charge in [0, 0.05) is 12.8 Å². The molecule has 8 nitrogen and oxygen atoms in total. The number of nitrogens with zero attached hydrogens (tertiary/aromatic N) is 2. The van der Waals surface area contributed by atoms with Gasteiger partial charge in [-0.25, -0.2) is 4.79 Å². The monoisotopic (exact) mass is 483 g/mol. The quantitative estimate of drug-likeness (QED) is 0.374. The van der Waals surface area contributed by atoms with Crippen LogP contribution in [0.2, 0.25) is 0 Å². The minimum absolute atomic E-state index is 0. The van der Waals surface area contributed by atoms with Gasteiger partial charge < -0.3 is 25.4 Å². The van der Waals surface area contributed by atoms with E-state index in [2.05, 4.69) is 17.8 Å². The SMILES string of the molecule is Nc1ccn([C@@H]2O[C@H](CO)[C@@H](OCCCC[C]3[CH][CH][CH][CH]3)[C@H]2O)c(=O)n1.[CH]1[CH][CH][CH][CH]1.[Fe+2]. The van der Waals surface area contributed by atoms with Gasteiger partial charge in [-0.15, -0.1) is 0 Å². The van der Waals surface area contributed by atoms with Gasteiger partial charge in [0.1, 0.15) is 24.1 Å². The molecule has 3 fully saturated rings. The van der Waals surface area contributed by atoms with Crippen LogP contribution in [0, 0.1) is 63.7 Å². The Kier molecular flexibility index (Phi) is 12.2. The minimum atomic E-state index is -1.09. The molecule has 32 heavy (non-hydrogen) atoms. The third kappa shape index (κ3) is 7.82. The molecule has 0 unspecified atom stereocenters. The van der Waals surface area contributed by atoms with Crippen molar-refractivity contribution in [2.24, 2.45) is 0 Å². The Bertz CT molecular complexity index is 702. The molecule has 4 rings (SSSR count). The zero-order chi connectivity index (χ0) is 22.1. The fourth-order valence-electron chi connectivity index (χ4n) is 3.47. The van der Waals surface area contributed by atoms with Crippen LogP contribution in [0.4, 0.5) is 5.82 Å². The second-order valence-electron chi connectivity index (χ2n) is 7.33. The van der Waals surface area contributed by atoms with E-state index in [0.29, 0.717) is 6.61 Å². The molecule has 0 aromatic carbocycles. The average molecular weight is 483 g/mol. The summed E-state index contributed by atoms with van der Waals surface area (Å²) in [7, 11) is 0. The number of unbranched alkanes of at least 4 members (excludes halogenated alkanes) is 1. The van der Waals surface area contributed by atoms with Crippen LogP contribution in [-0.2, 0) is 26.5 Å². The standard InChI is InChI=1S/C18H24N3O5.C5H5.Fe/c19-14-8-9-21(18(24)20-14)17-15(23)16(13(11-22)26-17)25-10-4-3-7-12-5-1-2-6-12;1-2-4-5-3-1;/h1-2,5-6,8-9,13,15-17,22-23H,3-4,7,10-11H2,(H2,19,20,24);1-5H;/q;;+2/t13-,15-,16-,17-;;/m1../s1. The summed E-state index contributed by atoms with van der Waals surface area (Å²) in [5.74, 6) is 1.38. The number of aliphatic hydroxyl groups excluding tert-OH is 2. The van der Waals surface area contributed by atoms with Gasteiger partial charge in [-0.2, -0.15) is 4.98 Å². The Morgan fingerprint density at radius 3 is 2.34 bits per heavy atom. The first-order valence-corrected chi connectivity index (χ1v) is 10.4. The third-order valence-corrected chi connectivity index (χ3v) is 5.07. The predicted octanol–water partition coefficient (Wildman–Crippen LogP) is 1.06. The Morgan fingerprint density at radius 1 is 1.09 bits per heavy atom. The van der Waals surface area contributed by atoms with Gasteiger partial charge in [0.05, 0.1) is 6.61 Å². The number of aliphatic hydroxyl groups is 2. The van der Waals surface area contributed by atoms with E-state index in [0.717, 1.165) is 23.8 Å². The summed E-state index contributed by atoms with van der Waals surface area (Å²) in [6.45, 7) is 0.118. The van der Waals surface area contributed by atoms with Crippen LogP contribution in [-0.4, -0.2) is 51.3 Å². The maximum atomic E-state index is 12.0. The Morgan fingerprint density at radius 2 is 1.75 bits per heavy atom. The largest absolute Gasteiger partial charge is 2.00 e. The maximum absolute atomic E-state index is 12.0.